The first-order valence-electron chi connectivity index (χ1n) is 7.27. The number of aromatic nitrogens is 2. The van der Waals surface area contributed by atoms with Gasteiger partial charge in [-0.3, -0.25) is 10.1 Å². The summed E-state index contributed by atoms with van der Waals surface area (Å²) in [7, 11) is 1.55. The first-order valence-corrected chi connectivity index (χ1v) is 8.90. The predicted molar refractivity (Wildman–Crippen MR) is 98.5 cm³/mol. The molecule has 0 radical (unpaired) electrons. The zero-order valence-corrected chi connectivity index (χ0v) is 14.6. The van der Waals surface area contributed by atoms with Crippen LogP contribution in [0.3, 0.4) is 0 Å². The van der Waals surface area contributed by atoms with E-state index in [-0.39, 0.29) is 5.91 Å². The van der Waals surface area contributed by atoms with Crippen molar-refractivity contribution in [2.24, 2.45) is 0 Å². The van der Waals surface area contributed by atoms with E-state index in [0.717, 1.165) is 25.4 Å². The van der Waals surface area contributed by atoms with Gasteiger partial charge in [0.2, 0.25) is 0 Å². The van der Waals surface area contributed by atoms with Crippen LogP contribution in [0, 0.1) is 6.92 Å². The highest BCUT2D eigenvalue weighted by Crippen LogP contribution is 2.35. The zero-order valence-electron chi connectivity index (χ0n) is 13.0. The maximum absolute atomic E-state index is 12.5. The van der Waals surface area contributed by atoms with E-state index >= 15 is 0 Å². The molecular weight excluding hydrogens is 342 g/mol. The molecule has 0 saturated heterocycles. The van der Waals surface area contributed by atoms with Crippen LogP contribution >= 0.6 is 22.7 Å². The number of hydrogen-bond acceptors (Lipinski definition) is 6. The minimum Gasteiger partial charge on any atom is -0.496 e. The summed E-state index contributed by atoms with van der Waals surface area (Å²) in [6.45, 7) is 1.99. The van der Waals surface area contributed by atoms with Crippen LogP contribution in [-0.4, -0.2) is 23.0 Å². The summed E-state index contributed by atoms with van der Waals surface area (Å²) >= 11 is 3.09. The number of fused-ring (bicyclic) bond motifs is 3. The molecule has 1 amide bonds. The molecule has 4 aromatic rings. The largest absolute Gasteiger partial charge is 0.496 e. The number of methoxy groups -OCH3 is 1. The first-order chi connectivity index (χ1) is 11.7. The number of ether oxygens (including phenoxy) is 1. The van der Waals surface area contributed by atoms with Crippen molar-refractivity contribution in [3.8, 4) is 5.75 Å². The zero-order chi connectivity index (χ0) is 16.7. The number of hydrogen-bond donors (Lipinski definition) is 1. The lowest BCUT2D eigenvalue weighted by atomic mass is 10.2. The molecule has 0 aliphatic carbocycles. The Labute approximate surface area is 145 Å². The van der Waals surface area contributed by atoms with Crippen molar-refractivity contribution in [1.29, 1.82) is 0 Å². The SMILES string of the molecule is COc1ccccc1C(=O)Nc1nc2ccc3sc(C)nc3c2s1. The molecule has 1 N–H and O–H groups in total. The Morgan fingerprint density at radius 3 is 2.79 bits per heavy atom. The van der Waals surface area contributed by atoms with Crippen molar-refractivity contribution in [2.45, 2.75) is 6.92 Å². The van der Waals surface area contributed by atoms with Crippen molar-refractivity contribution < 1.29 is 9.53 Å². The number of thiazole rings is 2. The van der Waals surface area contributed by atoms with Crippen LogP contribution in [0.15, 0.2) is 36.4 Å². The van der Waals surface area contributed by atoms with Crippen LogP contribution < -0.4 is 10.1 Å². The lowest BCUT2D eigenvalue weighted by Crippen LogP contribution is -2.12. The third-order valence-electron chi connectivity index (χ3n) is 3.59. The second kappa shape index (κ2) is 5.85. The van der Waals surface area contributed by atoms with Crippen LogP contribution in [-0.2, 0) is 0 Å². The normalized spacial score (nSPS) is 11.1. The molecule has 0 atom stereocenters. The molecule has 4 rings (SSSR count). The second-order valence-corrected chi connectivity index (χ2v) is 7.40. The van der Waals surface area contributed by atoms with Gasteiger partial charge in [0.05, 0.1) is 32.6 Å². The number of benzene rings is 2. The van der Waals surface area contributed by atoms with Crippen LogP contribution in [0.25, 0.3) is 20.4 Å². The number of carbonyl (C=O) groups is 1. The fraction of sp³-hybridized carbons (Fsp3) is 0.118. The Morgan fingerprint density at radius 2 is 1.96 bits per heavy atom. The number of nitrogens with one attached hydrogen (secondary N) is 1. The number of carbonyl (C=O) groups excluding carboxylic acids is 1. The van der Waals surface area contributed by atoms with Gasteiger partial charge in [-0.2, -0.15) is 0 Å². The Hall–Kier alpha value is -2.51. The molecule has 0 saturated carbocycles. The number of anilines is 1. The van der Waals surface area contributed by atoms with Gasteiger partial charge in [-0.25, -0.2) is 9.97 Å². The topological polar surface area (TPSA) is 64.1 Å². The van der Waals surface area contributed by atoms with Crippen LogP contribution in [0.2, 0.25) is 0 Å². The minimum absolute atomic E-state index is 0.239. The van der Waals surface area contributed by atoms with Crippen molar-refractivity contribution in [2.75, 3.05) is 12.4 Å². The maximum atomic E-state index is 12.5. The lowest BCUT2D eigenvalue weighted by molar-refractivity contribution is 0.102. The van der Waals surface area contributed by atoms with Crippen molar-refractivity contribution >= 4 is 54.1 Å². The molecule has 120 valence electrons. The van der Waals surface area contributed by atoms with Gasteiger partial charge in [-0.05, 0) is 31.2 Å². The summed E-state index contributed by atoms with van der Waals surface area (Å²) in [6, 6.07) is 11.1. The van der Waals surface area contributed by atoms with E-state index < -0.39 is 0 Å². The van der Waals surface area contributed by atoms with E-state index in [9.17, 15) is 4.79 Å². The molecule has 5 nitrogen and oxygen atoms in total. The fourth-order valence-electron chi connectivity index (χ4n) is 2.54. The van der Waals surface area contributed by atoms with Gasteiger partial charge in [0.15, 0.2) is 5.13 Å². The number of para-hydroxylation sites is 1. The van der Waals surface area contributed by atoms with E-state index in [1.807, 2.05) is 25.1 Å². The van der Waals surface area contributed by atoms with Crippen molar-refractivity contribution in [1.82, 2.24) is 9.97 Å². The van der Waals surface area contributed by atoms with Gasteiger partial charge in [-0.15, -0.1) is 11.3 Å². The second-order valence-electron chi connectivity index (χ2n) is 5.17. The van der Waals surface area contributed by atoms with E-state index in [1.54, 1.807) is 36.6 Å². The maximum Gasteiger partial charge on any atom is 0.261 e. The van der Waals surface area contributed by atoms with Crippen LogP contribution in [0.1, 0.15) is 15.4 Å². The van der Waals surface area contributed by atoms with Gasteiger partial charge in [0, 0.05) is 0 Å². The molecule has 24 heavy (non-hydrogen) atoms. The lowest BCUT2D eigenvalue weighted by Gasteiger charge is -2.06. The number of aryl methyl sites for hydroxylation is 1. The average molecular weight is 355 g/mol. The average Bonchev–Trinajstić information content (AvgIpc) is 3.16. The first kappa shape index (κ1) is 15.0. The Balaban J connectivity index is 1.72. The third kappa shape index (κ3) is 2.51. The van der Waals surface area contributed by atoms with Gasteiger partial charge >= 0.3 is 0 Å². The molecule has 2 aromatic carbocycles. The van der Waals surface area contributed by atoms with E-state index in [2.05, 4.69) is 15.3 Å². The number of rotatable bonds is 3. The van der Waals surface area contributed by atoms with E-state index in [1.165, 1.54) is 11.3 Å². The molecule has 0 spiro atoms. The molecule has 0 unspecified atom stereocenters. The molecule has 0 aliphatic heterocycles. The Bertz CT molecular complexity index is 1070. The summed E-state index contributed by atoms with van der Waals surface area (Å²) in [4.78, 5) is 21.6. The standard InChI is InChI=1S/C17H13N3O2S2/c1-9-18-14-13(23-9)8-7-11-15(14)24-17(19-11)20-16(21)10-5-3-4-6-12(10)22-2/h3-8H,1-2H3,(H,19,20,21). The molecule has 2 heterocycles. The Kier molecular flexibility index (Phi) is 3.66. The monoisotopic (exact) mass is 355 g/mol. The molecule has 0 fully saturated rings. The van der Waals surface area contributed by atoms with Gasteiger partial charge in [0.25, 0.3) is 5.91 Å². The quantitative estimate of drug-likeness (QED) is 0.589. The van der Waals surface area contributed by atoms with E-state index in [0.29, 0.717) is 16.4 Å². The van der Waals surface area contributed by atoms with Crippen molar-refractivity contribution in [3.05, 3.63) is 47.0 Å². The smallest absolute Gasteiger partial charge is 0.261 e. The summed E-state index contributed by atoms with van der Waals surface area (Å²) in [5.41, 5.74) is 2.27. The number of nitrogens with zero attached hydrogens (tertiary/aromatic N) is 2. The Morgan fingerprint density at radius 1 is 1.12 bits per heavy atom. The summed E-state index contributed by atoms with van der Waals surface area (Å²) in [5, 5.41) is 4.43. The number of amides is 1. The third-order valence-corrected chi connectivity index (χ3v) is 5.52. The van der Waals surface area contributed by atoms with Gasteiger partial charge in [-0.1, -0.05) is 23.5 Å². The van der Waals surface area contributed by atoms with Gasteiger partial charge in [0.1, 0.15) is 11.3 Å². The molecule has 7 heteroatoms. The minimum atomic E-state index is -0.239. The molecule has 0 aliphatic rings. The van der Waals surface area contributed by atoms with Crippen molar-refractivity contribution in [3.63, 3.8) is 0 Å². The summed E-state index contributed by atoms with van der Waals surface area (Å²) < 4.78 is 7.36. The molecule has 2 aromatic heterocycles. The van der Waals surface area contributed by atoms with Gasteiger partial charge < -0.3 is 4.74 Å². The highest BCUT2D eigenvalue weighted by atomic mass is 32.1. The predicted octanol–water partition coefficient (Wildman–Crippen LogP) is 4.48. The molecular formula is C17H13N3O2S2. The van der Waals surface area contributed by atoms with Crippen LogP contribution in [0.5, 0.6) is 5.75 Å². The molecule has 0 bridgehead atoms. The summed E-state index contributed by atoms with van der Waals surface area (Å²) in [6.07, 6.45) is 0. The van der Waals surface area contributed by atoms with Crippen LogP contribution in [0.4, 0.5) is 5.13 Å². The summed E-state index contributed by atoms with van der Waals surface area (Å²) in [5.74, 6) is 0.297. The fourth-order valence-corrected chi connectivity index (χ4v) is 4.39. The van der Waals surface area contributed by atoms with E-state index in [4.69, 9.17) is 4.74 Å². The highest BCUT2D eigenvalue weighted by molar-refractivity contribution is 7.24. The highest BCUT2D eigenvalue weighted by Gasteiger charge is 2.15.